The van der Waals surface area contributed by atoms with Crippen molar-refractivity contribution in [3.05, 3.63) is 64.3 Å². The van der Waals surface area contributed by atoms with Gasteiger partial charge in [-0.05, 0) is 24.3 Å². The Bertz CT molecular complexity index is 1090. The van der Waals surface area contributed by atoms with E-state index < -0.39 is 22.3 Å². The summed E-state index contributed by atoms with van der Waals surface area (Å²) in [6, 6.07) is 12.5. The van der Waals surface area contributed by atoms with E-state index in [0.717, 1.165) is 0 Å². The molecule has 0 radical (unpaired) electrons. The normalized spacial score (nSPS) is 10.2. The summed E-state index contributed by atoms with van der Waals surface area (Å²) >= 11 is 0. The quantitative estimate of drug-likeness (QED) is 0.344. The van der Waals surface area contributed by atoms with E-state index in [1.54, 1.807) is 36.4 Å². The predicted octanol–water partition coefficient (Wildman–Crippen LogP) is 3.28. The summed E-state index contributed by atoms with van der Waals surface area (Å²) in [7, 11) is 1.42. The van der Waals surface area contributed by atoms with Crippen molar-refractivity contribution in [2.24, 2.45) is 0 Å². The van der Waals surface area contributed by atoms with E-state index in [0.29, 0.717) is 17.1 Å². The molecule has 0 unspecified atom stereocenters. The summed E-state index contributed by atoms with van der Waals surface area (Å²) in [5, 5.41) is 36.0. The maximum Gasteiger partial charge on any atom is 0.362 e. The molecule has 1 aromatic heterocycles. The number of aromatic hydroxyl groups is 1. The molecule has 11 nitrogen and oxygen atoms in total. The Balaban J connectivity index is 2.12. The topological polar surface area (TPSA) is 160 Å². The highest BCUT2D eigenvalue weighted by atomic mass is 16.6. The van der Waals surface area contributed by atoms with E-state index in [2.05, 4.69) is 20.6 Å². The number of nitro groups is 1. The third kappa shape index (κ3) is 4.30. The maximum absolute atomic E-state index is 11.6. The zero-order chi connectivity index (χ0) is 21.0. The van der Waals surface area contributed by atoms with E-state index in [1.807, 2.05) is 0 Å². The Hall–Kier alpha value is -4.41. The van der Waals surface area contributed by atoms with Crippen LogP contribution in [-0.4, -0.2) is 38.2 Å². The van der Waals surface area contributed by atoms with E-state index in [4.69, 9.17) is 4.74 Å². The summed E-state index contributed by atoms with van der Waals surface area (Å²) in [6.45, 7) is 0. The first-order chi connectivity index (χ1) is 13.9. The number of aromatic carboxylic acids is 1. The van der Waals surface area contributed by atoms with E-state index in [1.165, 1.54) is 19.2 Å². The molecule has 0 amide bonds. The number of carboxylic acid groups (broad SMARTS) is 1. The van der Waals surface area contributed by atoms with E-state index in [9.17, 15) is 25.1 Å². The van der Waals surface area contributed by atoms with Gasteiger partial charge in [-0.1, -0.05) is 18.2 Å². The Morgan fingerprint density at radius 2 is 1.90 bits per heavy atom. The number of aromatic nitrogens is 2. The van der Waals surface area contributed by atoms with Gasteiger partial charge in [0.2, 0.25) is 17.5 Å². The van der Waals surface area contributed by atoms with Gasteiger partial charge in [-0.2, -0.15) is 9.97 Å². The van der Waals surface area contributed by atoms with Crippen molar-refractivity contribution in [1.82, 2.24) is 9.97 Å². The molecule has 0 atom stereocenters. The van der Waals surface area contributed by atoms with Crippen LogP contribution in [0.3, 0.4) is 0 Å². The van der Waals surface area contributed by atoms with Crippen molar-refractivity contribution in [2.75, 3.05) is 17.7 Å². The smallest absolute Gasteiger partial charge is 0.362 e. The highest BCUT2D eigenvalue weighted by Gasteiger charge is 2.30. The molecule has 0 fully saturated rings. The van der Waals surface area contributed by atoms with Crippen molar-refractivity contribution in [3.63, 3.8) is 0 Å². The molecule has 0 saturated heterocycles. The lowest BCUT2D eigenvalue weighted by Gasteiger charge is -2.13. The van der Waals surface area contributed by atoms with Crippen LogP contribution in [-0.2, 0) is 0 Å². The number of para-hydroxylation sites is 2. The Labute approximate surface area is 163 Å². The number of phenolic OH excluding ortho intramolecular Hbond substituents is 1. The lowest BCUT2D eigenvalue weighted by atomic mass is 10.2. The molecule has 29 heavy (non-hydrogen) atoms. The third-order valence-electron chi connectivity index (χ3n) is 3.73. The monoisotopic (exact) mass is 397 g/mol. The number of nitrogens with zero attached hydrogens (tertiary/aromatic N) is 3. The number of rotatable bonds is 7. The number of carbonyl (C=O) groups is 1. The van der Waals surface area contributed by atoms with Crippen molar-refractivity contribution in [3.8, 4) is 11.5 Å². The molecule has 11 heteroatoms. The van der Waals surface area contributed by atoms with Crippen LogP contribution >= 0.6 is 0 Å². The van der Waals surface area contributed by atoms with Crippen LogP contribution in [0.15, 0.2) is 48.5 Å². The molecule has 0 spiro atoms. The average Bonchev–Trinajstić information content (AvgIpc) is 2.67. The van der Waals surface area contributed by atoms with Gasteiger partial charge in [-0.25, -0.2) is 4.79 Å². The number of anilines is 4. The van der Waals surface area contributed by atoms with Crippen LogP contribution in [0, 0.1) is 10.1 Å². The van der Waals surface area contributed by atoms with Crippen molar-refractivity contribution < 1.29 is 24.7 Å². The van der Waals surface area contributed by atoms with Crippen LogP contribution in [0.5, 0.6) is 11.5 Å². The van der Waals surface area contributed by atoms with Gasteiger partial charge in [0.15, 0.2) is 0 Å². The summed E-state index contributed by atoms with van der Waals surface area (Å²) in [5.74, 6) is -1.81. The third-order valence-corrected chi connectivity index (χ3v) is 3.73. The molecule has 1 heterocycles. The highest BCUT2D eigenvalue weighted by Crippen LogP contribution is 2.34. The second-order valence-electron chi connectivity index (χ2n) is 5.66. The fourth-order valence-corrected chi connectivity index (χ4v) is 2.51. The summed E-state index contributed by atoms with van der Waals surface area (Å²) in [6.07, 6.45) is 0. The lowest BCUT2D eigenvalue weighted by Crippen LogP contribution is -2.13. The second-order valence-corrected chi connectivity index (χ2v) is 5.66. The van der Waals surface area contributed by atoms with Gasteiger partial charge < -0.3 is 25.6 Å². The van der Waals surface area contributed by atoms with Crippen molar-refractivity contribution >= 4 is 34.8 Å². The molecular formula is C18H15N5O6. The zero-order valence-corrected chi connectivity index (χ0v) is 15.0. The molecule has 3 rings (SSSR count). The van der Waals surface area contributed by atoms with Gasteiger partial charge in [0.1, 0.15) is 11.5 Å². The van der Waals surface area contributed by atoms with Crippen LogP contribution in [0.1, 0.15) is 10.5 Å². The number of phenols is 1. The highest BCUT2D eigenvalue weighted by molar-refractivity contribution is 5.94. The minimum absolute atomic E-state index is 0.0391. The number of ether oxygens (including phenoxy) is 1. The molecule has 0 aliphatic rings. The molecule has 0 saturated carbocycles. The van der Waals surface area contributed by atoms with E-state index >= 15 is 0 Å². The largest absolute Gasteiger partial charge is 0.508 e. The van der Waals surface area contributed by atoms with Gasteiger partial charge in [-0.15, -0.1) is 0 Å². The zero-order valence-electron chi connectivity index (χ0n) is 15.0. The summed E-state index contributed by atoms with van der Waals surface area (Å²) in [5.41, 5.74) is -0.898. The van der Waals surface area contributed by atoms with Gasteiger partial charge in [0.05, 0.1) is 17.7 Å². The first-order valence-corrected chi connectivity index (χ1v) is 8.15. The molecular weight excluding hydrogens is 382 g/mol. The summed E-state index contributed by atoms with van der Waals surface area (Å²) < 4.78 is 5.20. The van der Waals surface area contributed by atoms with Crippen molar-refractivity contribution in [2.45, 2.75) is 0 Å². The van der Waals surface area contributed by atoms with Gasteiger partial charge in [-0.3, -0.25) is 10.1 Å². The number of hydrogen-bond donors (Lipinski definition) is 4. The number of nitrogens with one attached hydrogen (secondary N) is 2. The molecule has 148 valence electrons. The van der Waals surface area contributed by atoms with Crippen LogP contribution in [0.4, 0.5) is 28.8 Å². The molecule has 0 bridgehead atoms. The summed E-state index contributed by atoms with van der Waals surface area (Å²) in [4.78, 5) is 30.1. The van der Waals surface area contributed by atoms with Gasteiger partial charge in [0, 0.05) is 11.8 Å². The first-order valence-electron chi connectivity index (χ1n) is 8.15. The average molecular weight is 397 g/mol. The molecule has 0 aliphatic carbocycles. The number of benzene rings is 2. The van der Waals surface area contributed by atoms with Crippen LogP contribution < -0.4 is 15.4 Å². The van der Waals surface area contributed by atoms with Crippen molar-refractivity contribution in [1.29, 1.82) is 0 Å². The Morgan fingerprint density at radius 1 is 1.14 bits per heavy atom. The van der Waals surface area contributed by atoms with Gasteiger partial charge >= 0.3 is 11.7 Å². The van der Waals surface area contributed by atoms with E-state index in [-0.39, 0.29) is 17.5 Å². The molecule has 0 aliphatic heterocycles. The fraction of sp³-hybridized carbons (Fsp3) is 0.0556. The second kappa shape index (κ2) is 8.08. The fourth-order valence-electron chi connectivity index (χ4n) is 2.51. The molecule has 2 aromatic carbocycles. The first kappa shape index (κ1) is 19.4. The SMILES string of the molecule is COc1ccccc1Nc1nc(Nc2cccc(O)c2)nc(C(=O)O)c1[N+](=O)[O-]. The Morgan fingerprint density at radius 3 is 2.55 bits per heavy atom. The lowest BCUT2D eigenvalue weighted by molar-refractivity contribution is -0.384. The predicted molar refractivity (Wildman–Crippen MR) is 103 cm³/mol. The number of methoxy groups -OCH3 is 1. The molecule has 4 N–H and O–H groups in total. The minimum atomic E-state index is -1.60. The molecule has 3 aromatic rings. The maximum atomic E-state index is 11.6. The van der Waals surface area contributed by atoms with Gasteiger partial charge in [0.25, 0.3) is 0 Å². The standard InChI is InChI=1S/C18H15N5O6/c1-29-13-8-3-2-7-12(13)20-16-15(23(27)28)14(17(25)26)21-18(22-16)19-10-5-4-6-11(24)9-10/h2-9,24H,1H3,(H,25,26)(H2,19,20,21,22). The van der Waals surface area contributed by atoms with Crippen LogP contribution in [0.25, 0.3) is 0 Å². The Kier molecular flexibility index (Phi) is 5.39. The van der Waals surface area contributed by atoms with Crippen LogP contribution in [0.2, 0.25) is 0 Å². The minimum Gasteiger partial charge on any atom is -0.508 e. The number of hydrogen-bond acceptors (Lipinski definition) is 9. The number of carboxylic acids is 1.